The van der Waals surface area contributed by atoms with Gasteiger partial charge in [0.2, 0.25) is 5.36 Å². The van der Waals surface area contributed by atoms with Crippen LogP contribution in [0, 0.1) is 13.8 Å². The lowest BCUT2D eigenvalue weighted by Crippen LogP contribution is -3.00. The van der Waals surface area contributed by atoms with E-state index in [1.165, 1.54) is 0 Å². The number of aryl methyl sites for hydroxylation is 2. The Kier molecular flexibility index (Phi) is 3.24. The fourth-order valence-electron chi connectivity index (χ4n) is 2.01. The molecule has 3 rings (SSSR count). The fourth-order valence-corrected chi connectivity index (χ4v) is 3.11. The first-order chi connectivity index (χ1) is 8.56. The second kappa shape index (κ2) is 4.59. The van der Waals surface area contributed by atoms with Crippen LogP contribution in [0.15, 0.2) is 24.3 Å². The number of rotatable bonds is 0. The first kappa shape index (κ1) is 13.4. The van der Waals surface area contributed by atoms with E-state index in [4.69, 9.17) is 11.1 Å². The van der Waals surface area contributed by atoms with Gasteiger partial charge in [0.15, 0.2) is 0 Å². The minimum absolute atomic E-state index is 0. The quantitative estimate of drug-likeness (QED) is 0.378. The van der Waals surface area contributed by atoms with Gasteiger partial charge in [-0.1, -0.05) is 0 Å². The van der Waals surface area contributed by atoms with Gasteiger partial charge in [-0.25, -0.2) is 4.98 Å². The Hall–Kier alpha value is -2.01. The van der Waals surface area contributed by atoms with E-state index in [1.54, 1.807) is 11.3 Å². The van der Waals surface area contributed by atoms with Crippen molar-refractivity contribution in [1.29, 1.82) is 0 Å². The molecule has 0 bridgehead atoms. The van der Waals surface area contributed by atoms with Gasteiger partial charge in [-0.3, -0.25) is 5.41 Å². The largest absolute Gasteiger partial charge is 1.00 e. The summed E-state index contributed by atoms with van der Waals surface area (Å²) in [6, 6.07) is 7.91. The summed E-state index contributed by atoms with van der Waals surface area (Å²) in [7, 11) is 0. The van der Waals surface area contributed by atoms with E-state index in [0.29, 0.717) is 0 Å². The molecule has 0 aromatic heterocycles. The standard InChI is InChI=1S/C14H13N3S.FH/c1-7-5-12-13(6-10(7)16)18-14-8(2)9(15)3-4-11(14)17-12;/h3-6,16H,15H2,1-2H3;1H. The second-order valence-corrected chi connectivity index (χ2v) is 5.57. The van der Waals surface area contributed by atoms with Crippen LogP contribution in [-0.4, -0.2) is 4.98 Å². The lowest BCUT2D eigenvalue weighted by atomic mass is 10.1. The number of halogens is 1. The van der Waals surface area contributed by atoms with Crippen LogP contribution in [0.25, 0.3) is 20.8 Å². The number of hydrogen-bond donors (Lipinski definition) is 2. The Morgan fingerprint density at radius 1 is 1.21 bits per heavy atom. The van der Waals surface area contributed by atoms with Crippen LogP contribution in [0.1, 0.15) is 11.1 Å². The zero-order valence-corrected chi connectivity index (χ0v) is 11.5. The first-order valence-electron chi connectivity index (χ1n) is 5.75. The Morgan fingerprint density at radius 3 is 2.68 bits per heavy atom. The minimum atomic E-state index is 0. The Balaban J connectivity index is 0.00000133. The molecule has 0 unspecified atom stereocenters. The molecular weight excluding hydrogens is 261 g/mol. The van der Waals surface area contributed by atoms with E-state index in [9.17, 15) is 0 Å². The number of nitrogen functional groups attached to an aromatic ring is 1. The summed E-state index contributed by atoms with van der Waals surface area (Å²) < 4.78 is 1.13. The third-order valence-electron chi connectivity index (χ3n) is 3.23. The highest BCUT2D eigenvalue weighted by Crippen LogP contribution is 2.33. The SMILES string of the molecule is Cc1cc2nc3ccc(N)c(C)c3sc-2cc1=[NH2+].[F-]. The van der Waals surface area contributed by atoms with Gasteiger partial charge < -0.3 is 10.4 Å². The van der Waals surface area contributed by atoms with Gasteiger partial charge in [0, 0.05) is 17.3 Å². The number of fused-ring (bicyclic) bond motifs is 2. The number of nitrogens with two attached hydrogens (primary N) is 2. The van der Waals surface area contributed by atoms with Gasteiger partial charge in [-0.15, -0.1) is 11.3 Å². The molecule has 0 amide bonds. The van der Waals surface area contributed by atoms with Crippen LogP contribution in [0.4, 0.5) is 5.69 Å². The summed E-state index contributed by atoms with van der Waals surface area (Å²) >= 11 is 1.69. The summed E-state index contributed by atoms with van der Waals surface area (Å²) in [5, 5.41) is 6.76. The molecule has 0 saturated carbocycles. The molecule has 0 fully saturated rings. The van der Waals surface area contributed by atoms with Crippen LogP contribution in [0.2, 0.25) is 0 Å². The third kappa shape index (κ3) is 2.06. The van der Waals surface area contributed by atoms with Gasteiger partial charge in [0.25, 0.3) is 0 Å². The number of anilines is 1. The molecule has 0 saturated heterocycles. The monoisotopic (exact) mass is 275 g/mol. The molecule has 0 atom stereocenters. The van der Waals surface area contributed by atoms with Crippen molar-refractivity contribution in [1.82, 2.24) is 4.98 Å². The van der Waals surface area contributed by atoms with Crippen molar-refractivity contribution in [3.63, 3.8) is 0 Å². The van der Waals surface area contributed by atoms with Gasteiger partial charge >= 0.3 is 0 Å². The molecule has 19 heavy (non-hydrogen) atoms. The molecule has 1 aromatic carbocycles. The Bertz CT molecular complexity index is 795. The van der Waals surface area contributed by atoms with Gasteiger partial charge in [0.1, 0.15) is 0 Å². The highest BCUT2D eigenvalue weighted by molar-refractivity contribution is 7.21. The zero-order valence-electron chi connectivity index (χ0n) is 10.7. The number of aromatic nitrogens is 1. The van der Waals surface area contributed by atoms with E-state index in [2.05, 4.69) is 4.98 Å². The van der Waals surface area contributed by atoms with Gasteiger partial charge in [-0.05, 0) is 37.6 Å². The van der Waals surface area contributed by atoms with Crippen molar-refractivity contribution < 1.29 is 10.1 Å². The van der Waals surface area contributed by atoms with Crippen molar-refractivity contribution in [2.24, 2.45) is 0 Å². The lowest BCUT2D eigenvalue weighted by molar-refractivity contribution is -0.173. The Labute approximate surface area is 114 Å². The number of nitrogens with zero attached hydrogens (tertiary/aromatic N) is 1. The van der Waals surface area contributed by atoms with E-state index < -0.39 is 0 Å². The molecule has 0 spiro atoms. The average molecular weight is 275 g/mol. The molecule has 1 heterocycles. The van der Waals surface area contributed by atoms with Crippen LogP contribution < -0.4 is 21.2 Å². The molecule has 1 aromatic rings. The van der Waals surface area contributed by atoms with Gasteiger partial charge in [-0.2, -0.15) is 0 Å². The van der Waals surface area contributed by atoms with E-state index in [0.717, 1.165) is 43.0 Å². The second-order valence-electron chi connectivity index (χ2n) is 4.52. The molecular formula is C14H14FN3S. The van der Waals surface area contributed by atoms with E-state index in [-0.39, 0.29) is 4.70 Å². The summed E-state index contributed by atoms with van der Waals surface area (Å²) in [6.07, 6.45) is 0. The highest BCUT2D eigenvalue weighted by atomic mass is 32.1. The van der Waals surface area contributed by atoms with E-state index in [1.807, 2.05) is 38.1 Å². The topological polar surface area (TPSA) is 64.5 Å². The van der Waals surface area contributed by atoms with Crippen molar-refractivity contribution in [2.75, 3.05) is 5.73 Å². The molecule has 1 aliphatic heterocycles. The van der Waals surface area contributed by atoms with Crippen molar-refractivity contribution in [3.05, 3.63) is 40.7 Å². The maximum atomic E-state index is 5.95. The minimum Gasteiger partial charge on any atom is -1.00 e. The van der Waals surface area contributed by atoms with Gasteiger partial charge in [0.05, 0.1) is 20.8 Å². The molecule has 98 valence electrons. The average Bonchev–Trinajstić information content (AvgIpc) is 2.34. The summed E-state index contributed by atoms with van der Waals surface area (Å²) in [5.41, 5.74) is 10.9. The molecule has 1 aliphatic carbocycles. The fraction of sp³-hybridized carbons (Fsp3) is 0.143. The number of hydrogen-bond acceptors (Lipinski definition) is 3. The molecule has 0 radical (unpaired) electrons. The molecule has 4 N–H and O–H groups in total. The van der Waals surface area contributed by atoms with Crippen molar-refractivity contribution >= 4 is 27.2 Å². The summed E-state index contributed by atoms with van der Waals surface area (Å²) in [4.78, 5) is 5.78. The Morgan fingerprint density at radius 2 is 1.95 bits per heavy atom. The van der Waals surface area contributed by atoms with Crippen molar-refractivity contribution in [3.8, 4) is 10.6 Å². The predicted molar refractivity (Wildman–Crippen MR) is 75.2 cm³/mol. The lowest BCUT2D eigenvalue weighted by Gasteiger charge is -2.09. The van der Waals surface area contributed by atoms with E-state index >= 15 is 0 Å². The van der Waals surface area contributed by atoms with Crippen LogP contribution in [0.5, 0.6) is 0 Å². The number of benzene rings is 2. The maximum Gasteiger partial charge on any atom is 0.201 e. The van der Waals surface area contributed by atoms with Crippen LogP contribution in [-0.2, 0) is 0 Å². The molecule has 2 aliphatic rings. The summed E-state index contributed by atoms with van der Waals surface area (Å²) in [6.45, 7) is 4.03. The smallest absolute Gasteiger partial charge is 0.201 e. The zero-order chi connectivity index (χ0) is 12.9. The van der Waals surface area contributed by atoms with Crippen LogP contribution in [0.3, 0.4) is 0 Å². The first-order valence-corrected chi connectivity index (χ1v) is 6.56. The predicted octanol–water partition coefficient (Wildman–Crippen LogP) is -1.74. The maximum absolute atomic E-state index is 5.95. The van der Waals surface area contributed by atoms with Crippen LogP contribution >= 0.6 is 11.3 Å². The summed E-state index contributed by atoms with van der Waals surface area (Å²) in [5.74, 6) is 0. The van der Waals surface area contributed by atoms with Crippen molar-refractivity contribution in [2.45, 2.75) is 13.8 Å². The molecule has 5 heteroatoms. The highest BCUT2D eigenvalue weighted by Gasteiger charge is 2.12. The normalized spacial score (nSPS) is 10.6. The third-order valence-corrected chi connectivity index (χ3v) is 4.49. The molecule has 3 nitrogen and oxygen atoms in total.